The summed E-state index contributed by atoms with van der Waals surface area (Å²) < 4.78 is 5.40. The normalized spacial score (nSPS) is 15.2. The molecule has 1 heterocycles. The number of aliphatic imine (C=N–C) groups is 1. The van der Waals surface area contributed by atoms with E-state index in [1.807, 2.05) is 38.4 Å². The highest BCUT2D eigenvalue weighted by atomic mass is 127. The molecule has 1 saturated carbocycles. The molecule has 32 heavy (non-hydrogen) atoms. The minimum atomic E-state index is -0.338. The van der Waals surface area contributed by atoms with Crippen LogP contribution in [0.3, 0.4) is 0 Å². The summed E-state index contributed by atoms with van der Waals surface area (Å²) in [5, 5.41) is 10.8. The monoisotopic (exact) mass is 554 g/mol. The zero-order valence-electron chi connectivity index (χ0n) is 19.5. The molecule has 8 nitrogen and oxygen atoms in total. The van der Waals surface area contributed by atoms with E-state index in [-0.39, 0.29) is 35.3 Å². The van der Waals surface area contributed by atoms with Gasteiger partial charge in [0.05, 0.1) is 5.41 Å². The number of amides is 1. The Bertz CT molecular complexity index is 905. The Morgan fingerprint density at radius 3 is 2.66 bits per heavy atom. The van der Waals surface area contributed by atoms with Crippen LogP contribution < -0.4 is 10.6 Å². The van der Waals surface area contributed by atoms with Crippen molar-refractivity contribution in [3.05, 3.63) is 35.7 Å². The molecular weight excluding hydrogens is 519 g/mol. The molecule has 9 heteroatoms. The number of halogens is 1. The molecule has 1 aromatic heterocycles. The van der Waals surface area contributed by atoms with Crippen LogP contribution in [0.2, 0.25) is 0 Å². The van der Waals surface area contributed by atoms with E-state index in [9.17, 15) is 4.79 Å². The number of guanidine groups is 1. The maximum atomic E-state index is 12.8. The summed E-state index contributed by atoms with van der Waals surface area (Å²) in [6.45, 7) is 3.28. The van der Waals surface area contributed by atoms with Gasteiger partial charge in [0.25, 0.3) is 5.89 Å². The Kier molecular flexibility index (Phi) is 9.92. The first-order valence-electron chi connectivity index (χ1n) is 11.1. The minimum Gasteiger partial charge on any atom is -0.355 e. The highest BCUT2D eigenvalue weighted by Gasteiger charge is 2.42. The molecule has 1 amide bonds. The van der Waals surface area contributed by atoms with Gasteiger partial charge in [0.15, 0.2) is 11.8 Å². The molecule has 2 N–H and O–H groups in total. The second kappa shape index (κ2) is 12.2. The standard InChI is InChI=1S/C23H34N6O2.HI/c1-5-9-19-27-20(31-28-19)18-11-8-10-17(14-18)15-25-22(24-2)26-16-23(12-6-7-13-23)21(30)29(3)4;/h8,10-11,14H,5-7,9,12-13,15-16H2,1-4H3,(H2,24,25,26);1H. The Hall–Kier alpha value is -2.17. The maximum Gasteiger partial charge on any atom is 0.257 e. The van der Waals surface area contributed by atoms with Crippen molar-refractivity contribution >= 4 is 35.8 Å². The molecule has 2 aromatic rings. The van der Waals surface area contributed by atoms with Gasteiger partial charge in [-0.2, -0.15) is 4.98 Å². The van der Waals surface area contributed by atoms with Gasteiger partial charge in [-0.15, -0.1) is 24.0 Å². The highest BCUT2D eigenvalue weighted by Crippen LogP contribution is 2.38. The van der Waals surface area contributed by atoms with Crippen molar-refractivity contribution in [1.29, 1.82) is 0 Å². The zero-order valence-corrected chi connectivity index (χ0v) is 21.8. The van der Waals surface area contributed by atoms with Gasteiger partial charge < -0.3 is 20.1 Å². The van der Waals surface area contributed by atoms with E-state index in [0.29, 0.717) is 24.9 Å². The SMILES string of the molecule is CCCc1noc(-c2cccc(CNC(=NC)NCC3(C(=O)N(C)C)CCCC3)c2)n1.I. The van der Waals surface area contributed by atoms with E-state index in [2.05, 4.69) is 32.7 Å². The lowest BCUT2D eigenvalue weighted by Gasteiger charge is -2.31. The smallest absolute Gasteiger partial charge is 0.257 e. The molecule has 0 atom stereocenters. The first-order valence-corrected chi connectivity index (χ1v) is 11.1. The number of carbonyl (C=O) groups excluding carboxylic acids is 1. The van der Waals surface area contributed by atoms with Crippen molar-refractivity contribution in [1.82, 2.24) is 25.7 Å². The second-order valence-corrected chi connectivity index (χ2v) is 8.43. The maximum absolute atomic E-state index is 12.8. The van der Waals surface area contributed by atoms with E-state index in [0.717, 1.165) is 55.5 Å². The fourth-order valence-electron chi connectivity index (χ4n) is 4.16. The third-order valence-electron chi connectivity index (χ3n) is 5.81. The molecule has 176 valence electrons. The predicted molar refractivity (Wildman–Crippen MR) is 137 cm³/mol. The van der Waals surface area contributed by atoms with E-state index < -0.39 is 0 Å². The fourth-order valence-corrected chi connectivity index (χ4v) is 4.16. The van der Waals surface area contributed by atoms with Crippen molar-refractivity contribution in [3.63, 3.8) is 0 Å². The highest BCUT2D eigenvalue weighted by molar-refractivity contribution is 14.0. The topological polar surface area (TPSA) is 95.7 Å². The number of aromatic nitrogens is 2. The summed E-state index contributed by atoms with van der Waals surface area (Å²) in [5.74, 6) is 2.16. The van der Waals surface area contributed by atoms with Crippen molar-refractivity contribution in [3.8, 4) is 11.5 Å². The Morgan fingerprint density at radius 2 is 2.00 bits per heavy atom. The number of hydrogen-bond acceptors (Lipinski definition) is 5. The summed E-state index contributed by atoms with van der Waals surface area (Å²) in [6.07, 6.45) is 5.81. The largest absolute Gasteiger partial charge is 0.355 e. The van der Waals surface area contributed by atoms with Gasteiger partial charge in [-0.05, 0) is 37.0 Å². The molecule has 1 aromatic carbocycles. The van der Waals surface area contributed by atoms with Crippen LogP contribution in [0, 0.1) is 5.41 Å². The zero-order chi connectivity index (χ0) is 22.3. The molecule has 0 radical (unpaired) electrons. The van der Waals surface area contributed by atoms with Crippen LogP contribution in [-0.4, -0.2) is 54.6 Å². The van der Waals surface area contributed by atoms with Gasteiger partial charge >= 0.3 is 0 Å². The predicted octanol–water partition coefficient (Wildman–Crippen LogP) is 3.62. The van der Waals surface area contributed by atoms with E-state index >= 15 is 0 Å². The van der Waals surface area contributed by atoms with Crippen LogP contribution in [0.4, 0.5) is 0 Å². The van der Waals surface area contributed by atoms with Crippen LogP contribution >= 0.6 is 24.0 Å². The Morgan fingerprint density at radius 1 is 1.25 bits per heavy atom. The molecule has 0 bridgehead atoms. The van der Waals surface area contributed by atoms with Gasteiger partial charge in [-0.3, -0.25) is 9.79 Å². The number of aryl methyl sites for hydroxylation is 1. The number of hydrogen-bond donors (Lipinski definition) is 2. The average Bonchev–Trinajstić information content (AvgIpc) is 3.44. The summed E-state index contributed by atoms with van der Waals surface area (Å²) in [7, 11) is 5.41. The molecule has 1 fully saturated rings. The molecule has 0 aliphatic heterocycles. The summed E-state index contributed by atoms with van der Waals surface area (Å²) in [6, 6.07) is 8.03. The van der Waals surface area contributed by atoms with Gasteiger partial charge in [0.2, 0.25) is 5.91 Å². The van der Waals surface area contributed by atoms with Crippen molar-refractivity contribution in [2.24, 2.45) is 10.4 Å². The first kappa shape index (κ1) is 26.1. The lowest BCUT2D eigenvalue weighted by molar-refractivity contribution is -0.138. The van der Waals surface area contributed by atoms with Crippen molar-refractivity contribution in [2.75, 3.05) is 27.7 Å². The molecule has 1 aliphatic rings. The van der Waals surface area contributed by atoms with Crippen LogP contribution in [-0.2, 0) is 17.8 Å². The van der Waals surface area contributed by atoms with E-state index in [1.54, 1.807) is 11.9 Å². The van der Waals surface area contributed by atoms with Gasteiger partial charge in [-0.1, -0.05) is 37.1 Å². The van der Waals surface area contributed by atoms with Crippen LogP contribution in [0.5, 0.6) is 0 Å². The molecule has 0 saturated heterocycles. The number of rotatable bonds is 8. The third kappa shape index (κ3) is 6.43. The van der Waals surface area contributed by atoms with Gasteiger partial charge in [0.1, 0.15) is 0 Å². The first-order chi connectivity index (χ1) is 15.0. The van der Waals surface area contributed by atoms with E-state index in [4.69, 9.17) is 4.52 Å². The number of carbonyl (C=O) groups is 1. The summed E-state index contributed by atoms with van der Waals surface area (Å²) in [5.41, 5.74) is 1.64. The molecule has 0 unspecified atom stereocenters. The average molecular weight is 554 g/mol. The van der Waals surface area contributed by atoms with Crippen molar-refractivity contribution < 1.29 is 9.32 Å². The fraction of sp³-hybridized carbons (Fsp3) is 0.565. The number of nitrogens with one attached hydrogen (secondary N) is 2. The summed E-state index contributed by atoms with van der Waals surface area (Å²) >= 11 is 0. The van der Waals surface area contributed by atoms with Crippen LogP contribution in [0.25, 0.3) is 11.5 Å². The Labute approximate surface area is 207 Å². The Balaban J connectivity index is 0.00000363. The second-order valence-electron chi connectivity index (χ2n) is 8.43. The molecular formula is C23H35IN6O2. The quantitative estimate of drug-likeness (QED) is 0.294. The van der Waals surface area contributed by atoms with Crippen LogP contribution in [0.15, 0.2) is 33.8 Å². The molecule has 3 rings (SSSR count). The molecule has 1 aliphatic carbocycles. The minimum absolute atomic E-state index is 0. The van der Waals surface area contributed by atoms with Gasteiger partial charge in [-0.25, -0.2) is 0 Å². The lowest BCUT2D eigenvalue weighted by Crippen LogP contribution is -2.49. The number of nitrogens with zero attached hydrogens (tertiary/aromatic N) is 4. The van der Waals surface area contributed by atoms with Gasteiger partial charge in [0, 0.05) is 46.2 Å². The number of benzene rings is 1. The molecule has 0 spiro atoms. The lowest BCUT2D eigenvalue weighted by atomic mass is 9.84. The summed E-state index contributed by atoms with van der Waals surface area (Å²) in [4.78, 5) is 23.3. The van der Waals surface area contributed by atoms with E-state index in [1.165, 1.54) is 0 Å². The van der Waals surface area contributed by atoms with Crippen molar-refractivity contribution in [2.45, 2.75) is 52.0 Å². The third-order valence-corrected chi connectivity index (χ3v) is 5.81. The van der Waals surface area contributed by atoms with Crippen LogP contribution in [0.1, 0.15) is 50.4 Å².